The van der Waals surface area contributed by atoms with E-state index in [2.05, 4.69) is 9.97 Å². The van der Waals surface area contributed by atoms with Crippen molar-refractivity contribution >= 4 is 22.9 Å². The van der Waals surface area contributed by atoms with Crippen LogP contribution in [0.1, 0.15) is 5.82 Å². The third kappa shape index (κ3) is 2.62. The molecule has 1 saturated carbocycles. The average molecular weight is 333 g/mol. The minimum atomic E-state index is -0.769. The fraction of sp³-hybridized carbons (Fsp3) is 0.438. The number of H-pyrrole nitrogens is 1. The molecule has 1 amide bonds. The topological polar surface area (TPSA) is 95.5 Å². The number of imidazole rings is 1. The second kappa shape index (κ2) is 5.55. The van der Waals surface area contributed by atoms with Crippen LogP contribution in [0.5, 0.6) is 0 Å². The zero-order valence-corrected chi connectivity index (χ0v) is 12.7. The molecule has 3 atom stereocenters. The highest BCUT2D eigenvalue weighted by atomic mass is 19.1. The van der Waals surface area contributed by atoms with E-state index >= 15 is 0 Å². The normalized spacial score (nSPS) is 25.0. The molecule has 0 radical (unpaired) electrons. The third-order valence-corrected chi connectivity index (χ3v) is 4.79. The summed E-state index contributed by atoms with van der Waals surface area (Å²) in [4.78, 5) is 31.8. The lowest BCUT2D eigenvalue weighted by Gasteiger charge is -2.18. The summed E-state index contributed by atoms with van der Waals surface area (Å²) >= 11 is 0. The fourth-order valence-electron chi connectivity index (χ4n) is 3.53. The third-order valence-electron chi connectivity index (χ3n) is 4.79. The first kappa shape index (κ1) is 15.1. The Kier molecular flexibility index (Phi) is 3.49. The molecule has 0 spiro atoms. The van der Waals surface area contributed by atoms with Crippen molar-refractivity contribution in [2.24, 2.45) is 17.8 Å². The Morgan fingerprint density at radius 2 is 2.12 bits per heavy atom. The van der Waals surface area contributed by atoms with E-state index in [9.17, 15) is 14.0 Å². The molecule has 2 fully saturated rings. The molecular formula is C16H16FN3O4. The maximum atomic E-state index is 13.1. The van der Waals surface area contributed by atoms with Crippen LogP contribution < -0.4 is 0 Å². The number of nitrogens with one attached hydrogen (secondary N) is 1. The number of carboxylic acids is 1. The number of carbonyl (C=O) groups is 2. The van der Waals surface area contributed by atoms with Crippen LogP contribution in [0.15, 0.2) is 18.2 Å². The molecule has 1 aromatic heterocycles. The number of hydrogen-bond acceptors (Lipinski definition) is 4. The standard InChI is InChI=1S/C16H16FN3O4/c17-8-1-2-11-12(3-8)19-13(18-11)6-24-7-14(21)20-4-9-10(5-20)15(9)16(22)23/h1-3,9-10,15H,4-7H2,(H,18,19)(H,22,23)/t9-,10+,15?. The Morgan fingerprint density at radius 3 is 2.83 bits per heavy atom. The molecule has 2 heterocycles. The van der Waals surface area contributed by atoms with Gasteiger partial charge in [-0.3, -0.25) is 9.59 Å². The molecule has 1 aliphatic carbocycles. The smallest absolute Gasteiger partial charge is 0.307 e. The van der Waals surface area contributed by atoms with E-state index in [0.29, 0.717) is 29.9 Å². The number of rotatable bonds is 5. The fourth-order valence-corrected chi connectivity index (χ4v) is 3.53. The van der Waals surface area contributed by atoms with Crippen LogP contribution in [0.2, 0.25) is 0 Å². The van der Waals surface area contributed by atoms with Crippen molar-refractivity contribution in [3.05, 3.63) is 29.8 Å². The molecular weight excluding hydrogens is 317 g/mol. The van der Waals surface area contributed by atoms with E-state index in [1.165, 1.54) is 12.1 Å². The minimum Gasteiger partial charge on any atom is -0.481 e. The monoisotopic (exact) mass is 333 g/mol. The maximum absolute atomic E-state index is 13.1. The molecule has 126 valence electrons. The molecule has 2 N–H and O–H groups in total. The van der Waals surface area contributed by atoms with Gasteiger partial charge in [-0.1, -0.05) is 0 Å². The number of piperidine rings is 1. The summed E-state index contributed by atoms with van der Waals surface area (Å²) in [5.41, 5.74) is 1.22. The number of carboxylic acid groups (broad SMARTS) is 1. The van der Waals surface area contributed by atoms with E-state index in [4.69, 9.17) is 9.84 Å². The second-order valence-corrected chi connectivity index (χ2v) is 6.33. The molecule has 8 heteroatoms. The molecule has 0 bridgehead atoms. The Morgan fingerprint density at radius 1 is 1.38 bits per heavy atom. The number of amides is 1. The van der Waals surface area contributed by atoms with Crippen LogP contribution in [-0.2, 0) is 20.9 Å². The van der Waals surface area contributed by atoms with Crippen molar-refractivity contribution in [1.82, 2.24) is 14.9 Å². The van der Waals surface area contributed by atoms with E-state index < -0.39 is 5.97 Å². The molecule has 2 aromatic rings. The predicted octanol–water partition coefficient (Wildman–Crippen LogP) is 1.01. The number of halogens is 1. The van der Waals surface area contributed by atoms with Crippen molar-refractivity contribution in [3.63, 3.8) is 0 Å². The lowest BCUT2D eigenvalue weighted by Crippen LogP contribution is -2.35. The molecule has 1 saturated heterocycles. The van der Waals surface area contributed by atoms with Crippen molar-refractivity contribution < 1.29 is 23.8 Å². The van der Waals surface area contributed by atoms with Crippen LogP contribution >= 0.6 is 0 Å². The summed E-state index contributed by atoms with van der Waals surface area (Å²) in [6, 6.07) is 4.26. The zero-order valence-electron chi connectivity index (χ0n) is 12.7. The van der Waals surface area contributed by atoms with E-state index in [0.717, 1.165) is 0 Å². The van der Waals surface area contributed by atoms with Gasteiger partial charge in [-0.2, -0.15) is 0 Å². The van der Waals surface area contributed by atoms with Gasteiger partial charge in [0.05, 0.1) is 17.0 Å². The van der Waals surface area contributed by atoms with Gasteiger partial charge < -0.3 is 19.7 Å². The number of ether oxygens (including phenoxy) is 1. The van der Waals surface area contributed by atoms with Gasteiger partial charge in [0.2, 0.25) is 5.91 Å². The van der Waals surface area contributed by atoms with Gasteiger partial charge in [0, 0.05) is 13.1 Å². The molecule has 24 heavy (non-hydrogen) atoms. The largest absolute Gasteiger partial charge is 0.481 e. The van der Waals surface area contributed by atoms with Gasteiger partial charge in [-0.15, -0.1) is 0 Å². The summed E-state index contributed by atoms with van der Waals surface area (Å²) in [5, 5.41) is 8.97. The van der Waals surface area contributed by atoms with Crippen LogP contribution in [0, 0.1) is 23.6 Å². The molecule has 1 aliphatic heterocycles. The number of benzene rings is 1. The average Bonchev–Trinajstić information content (AvgIpc) is 2.89. The summed E-state index contributed by atoms with van der Waals surface area (Å²) in [6.07, 6.45) is 0. The molecule has 2 aliphatic rings. The highest BCUT2D eigenvalue weighted by molar-refractivity contribution is 5.80. The number of nitrogens with zero attached hydrogens (tertiary/aromatic N) is 2. The Hall–Kier alpha value is -2.48. The zero-order chi connectivity index (χ0) is 16.8. The van der Waals surface area contributed by atoms with Gasteiger partial charge in [-0.25, -0.2) is 9.37 Å². The van der Waals surface area contributed by atoms with Crippen LogP contribution in [0.3, 0.4) is 0 Å². The quantitative estimate of drug-likeness (QED) is 0.851. The lowest BCUT2D eigenvalue weighted by atomic mass is 10.2. The van der Waals surface area contributed by atoms with E-state index in [1.807, 2.05) is 0 Å². The van der Waals surface area contributed by atoms with E-state index in [-0.39, 0.29) is 42.7 Å². The lowest BCUT2D eigenvalue weighted by molar-refractivity contribution is -0.142. The first-order valence-electron chi connectivity index (χ1n) is 7.75. The number of hydrogen-bond donors (Lipinski definition) is 2. The Labute approximate surface area is 136 Å². The summed E-state index contributed by atoms with van der Waals surface area (Å²) in [5.74, 6) is -0.831. The SMILES string of the molecule is O=C(O)C1[C@H]2CN(C(=O)COCc3nc4ccc(F)cc4[nH]3)C[C@@H]12. The van der Waals surface area contributed by atoms with Crippen LogP contribution in [0.25, 0.3) is 11.0 Å². The number of carbonyl (C=O) groups excluding carboxylic acids is 1. The van der Waals surface area contributed by atoms with Crippen LogP contribution in [-0.4, -0.2) is 51.5 Å². The van der Waals surface area contributed by atoms with Gasteiger partial charge in [0.15, 0.2) is 0 Å². The predicted molar refractivity (Wildman–Crippen MR) is 80.4 cm³/mol. The first-order valence-corrected chi connectivity index (χ1v) is 7.75. The summed E-state index contributed by atoms with van der Waals surface area (Å²) in [6.45, 7) is 1.03. The first-order chi connectivity index (χ1) is 11.5. The van der Waals surface area contributed by atoms with Crippen molar-refractivity contribution in [2.45, 2.75) is 6.61 Å². The highest BCUT2D eigenvalue weighted by Gasteiger charge is 2.60. The number of aromatic amines is 1. The number of likely N-dealkylation sites (tertiary alicyclic amines) is 1. The van der Waals surface area contributed by atoms with Gasteiger partial charge >= 0.3 is 5.97 Å². The molecule has 1 aromatic carbocycles. The molecule has 1 unspecified atom stereocenters. The summed E-state index contributed by atoms with van der Waals surface area (Å²) < 4.78 is 18.5. The van der Waals surface area contributed by atoms with Crippen LogP contribution in [0.4, 0.5) is 4.39 Å². The number of aromatic nitrogens is 2. The highest BCUT2D eigenvalue weighted by Crippen LogP contribution is 2.51. The number of aliphatic carboxylic acids is 1. The molecule has 7 nitrogen and oxygen atoms in total. The van der Waals surface area contributed by atoms with Gasteiger partial charge in [-0.05, 0) is 30.0 Å². The minimum absolute atomic E-state index is 0.0808. The summed E-state index contributed by atoms with van der Waals surface area (Å²) in [7, 11) is 0. The Bertz CT molecular complexity index is 809. The second-order valence-electron chi connectivity index (χ2n) is 6.33. The maximum Gasteiger partial charge on any atom is 0.307 e. The number of fused-ring (bicyclic) bond motifs is 2. The van der Waals surface area contributed by atoms with Gasteiger partial charge in [0.1, 0.15) is 24.9 Å². The van der Waals surface area contributed by atoms with Gasteiger partial charge in [0.25, 0.3) is 0 Å². The van der Waals surface area contributed by atoms with Crippen molar-refractivity contribution in [3.8, 4) is 0 Å². The van der Waals surface area contributed by atoms with Crippen molar-refractivity contribution in [1.29, 1.82) is 0 Å². The van der Waals surface area contributed by atoms with Crippen molar-refractivity contribution in [2.75, 3.05) is 19.7 Å². The molecule has 4 rings (SSSR count). The van der Waals surface area contributed by atoms with E-state index in [1.54, 1.807) is 11.0 Å². The Balaban J connectivity index is 1.27.